The van der Waals surface area contributed by atoms with Crippen LogP contribution in [0.25, 0.3) is 0 Å². The zero-order chi connectivity index (χ0) is 34.7. The van der Waals surface area contributed by atoms with E-state index in [0.717, 1.165) is 10.0 Å². The number of phenols is 2. The van der Waals surface area contributed by atoms with Crippen molar-refractivity contribution in [3.8, 4) is 11.5 Å². The molecule has 2 amide bonds. The molecule has 3 N–H and O–H groups in total. The van der Waals surface area contributed by atoms with E-state index in [-0.39, 0.29) is 18.9 Å². The largest absolute Gasteiger partial charge is 0.508 e. The van der Waals surface area contributed by atoms with Gasteiger partial charge in [0.05, 0.1) is 24.9 Å². The number of carbonyl (C=O) groups excluding carboxylic acids is 4. The number of fused-ring (bicyclic) bond motifs is 1. The smallest absolute Gasteiger partial charge is 0.415 e. The van der Waals surface area contributed by atoms with E-state index in [4.69, 9.17) is 30.9 Å². The molecule has 1 heterocycles. The molecule has 0 fully saturated rings. The van der Waals surface area contributed by atoms with Crippen molar-refractivity contribution in [2.75, 3.05) is 23.5 Å². The number of esters is 2. The topological polar surface area (TPSA) is 161 Å². The van der Waals surface area contributed by atoms with E-state index in [1.54, 1.807) is 59.7 Å². The lowest BCUT2D eigenvalue weighted by molar-refractivity contribution is -0.143. The number of hydrogen-bond donors (Lipinski definition) is 3. The summed E-state index contributed by atoms with van der Waals surface area (Å²) in [6, 6.07) is 7.95. The Morgan fingerprint density at radius 3 is 1.98 bits per heavy atom. The van der Waals surface area contributed by atoms with Crippen LogP contribution in [0.2, 0.25) is 5.02 Å². The number of nitrogens with zero attached hydrogens (tertiary/aromatic N) is 1. The molecule has 1 aliphatic rings. The van der Waals surface area contributed by atoms with Crippen molar-refractivity contribution in [3.05, 3.63) is 51.5 Å². The molecule has 2 aromatic rings. The number of hydrogen-bond acceptors (Lipinski definition) is 10. The van der Waals surface area contributed by atoms with Crippen LogP contribution in [0.4, 0.5) is 15.3 Å². The Morgan fingerprint density at radius 2 is 1.52 bits per heavy atom. The van der Waals surface area contributed by atoms with Crippen LogP contribution in [0.1, 0.15) is 54.5 Å². The molecule has 2 unspecified atom stereocenters. The highest BCUT2D eigenvalue weighted by Crippen LogP contribution is 2.36. The molecule has 12 nitrogen and oxygen atoms in total. The fraction of sp³-hybridized carbons (Fsp3) is 0.484. The van der Waals surface area contributed by atoms with Crippen molar-refractivity contribution in [2.24, 2.45) is 0 Å². The average molecular weight is 846 g/mol. The van der Waals surface area contributed by atoms with Gasteiger partial charge in [-0.05, 0) is 87.3 Å². The third kappa shape index (κ3) is 14.6. The Hall–Kier alpha value is -2.98. The highest BCUT2D eigenvalue weighted by atomic mass is 127. The predicted molar refractivity (Wildman–Crippen MR) is 188 cm³/mol. The number of benzene rings is 2. The van der Waals surface area contributed by atoms with Gasteiger partial charge in [-0.2, -0.15) is 0 Å². The molecule has 1 aliphatic heterocycles. The Labute approximate surface area is 297 Å². The molecule has 0 saturated carbocycles. The monoisotopic (exact) mass is 844 g/mol. The van der Waals surface area contributed by atoms with Gasteiger partial charge in [0.25, 0.3) is 0 Å². The molecule has 0 bridgehead atoms. The number of halogens is 3. The van der Waals surface area contributed by atoms with Gasteiger partial charge in [0.15, 0.2) is 0 Å². The summed E-state index contributed by atoms with van der Waals surface area (Å²) in [5.41, 5.74) is 0.00147. The van der Waals surface area contributed by atoms with Gasteiger partial charge in [-0.15, -0.1) is 0 Å². The maximum absolute atomic E-state index is 12.4. The number of phenolic OH excluding ortho intramolecular Hbond substituents is 2. The number of rotatable bonds is 4. The van der Waals surface area contributed by atoms with Crippen LogP contribution in [0.15, 0.2) is 40.9 Å². The van der Waals surface area contributed by atoms with Crippen LogP contribution in [-0.2, 0) is 35.0 Å². The summed E-state index contributed by atoms with van der Waals surface area (Å²) in [5.74, 6) is -0.789. The number of alkyl halides is 1. The molecule has 15 heteroatoms. The molecule has 3 rings (SSSR count). The highest BCUT2D eigenvalue weighted by Gasteiger charge is 2.41. The summed E-state index contributed by atoms with van der Waals surface area (Å²) in [6.07, 6.45) is -0.918. The van der Waals surface area contributed by atoms with E-state index < -0.39 is 47.4 Å². The summed E-state index contributed by atoms with van der Waals surface area (Å²) in [5, 5.41) is 21.4. The average Bonchev–Trinajstić information content (AvgIpc) is 3.30. The van der Waals surface area contributed by atoms with Gasteiger partial charge in [-0.25, -0.2) is 19.2 Å². The molecule has 46 heavy (non-hydrogen) atoms. The maximum Gasteiger partial charge on any atom is 0.415 e. The van der Waals surface area contributed by atoms with Gasteiger partial charge in [0.1, 0.15) is 34.8 Å². The minimum Gasteiger partial charge on any atom is -0.508 e. The van der Waals surface area contributed by atoms with Crippen molar-refractivity contribution in [1.29, 1.82) is 0 Å². The number of amides is 2. The first-order valence-corrected chi connectivity index (χ1v) is 16.1. The van der Waals surface area contributed by atoms with Crippen molar-refractivity contribution in [2.45, 2.75) is 78.7 Å². The number of ether oxygens (including phenoxy) is 4. The second-order valence-electron chi connectivity index (χ2n) is 11.4. The molecule has 258 valence electrons. The fourth-order valence-electron chi connectivity index (χ4n) is 3.52. The maximum atomic E-state index is 12.4. The summed E-state index contributed by atoms with van der Waals surface area (Å²) in [7, 11) is 2.55. The second-order valence-corrected chi connectivity index (χ2v) is 13.5. The van der Waals surface area contributed by atoms with Crippen molar-refractivity contribution < 1.29 is 48.3 Å². The van der Waals surface area contributed by atoms with Gasteiger partial charge in [0, 0.05) is 21.4 Å². The Kier molecular flexibility index (Phi) is 17.8. The van der Waals surface area contributed by atoms with Crippen molar-refractivity contribution in [3.63, 3.8) is 0 Å². The first-order chi connectivity index (χ1) is 20.7. The van der Waals surface area contributed by atoms with E-state index in [0.29, 0.717) is 21.6 Å². The van der Waals surface area contributed by atoms with Crippen molar-refractivity contribution in [1.82, 2.24) is 5.32 Å². The number of nitrogens with one attached hydrogen (secondary N) is 1. The van der Waals surface area contributed by atoms with Gasteiger partial charge < -0.3 is 34.5 Å². The molecular formula is C31H43BrClIN2O10. The predicted octanol–water partition coefficient (Wildman–Crippen LogP) is 7.16. The third-order valence-electron chi connectivity index (χ3n) is 5.35. The van der Waals surface area contributed by atoms with Crippen molar-refractivity contribution >= 4 is 79.9 Å². The molecule has 0 radical (unpaired) electrons. The molecule has 2 aromatic carbocycles. The van der Waals surface area contributed by atoms with Gasteiger partial charge in [-0.3, -0.25) is 4.90 Å². The number of anilines is 1. The standard InChI is InChI=1S/C15H19NO5.C9H16INO4.C6H4BrClO.CH4/c1-15(2,3)21-14(19)16-11-8-10(17)6-5-9(11)7-12(16)13(18)20-4;1-9(2,3)15-8(13)11-6(5-10)7(12)14-4;7-5-2-1-4(9)3-6(5)8;/h5-6,8,12,17H,7H2,1-4H3;6H,5H2,1-4H3,(H,11,13);1-3,9H;1H4. The fourth-order valence-corrected chi connectivity index (χ4v) is 4.52. The lowest BCUT2D eigenvalue weighted by Crippen LogP contribution is -2.45. The Balaban J connectivity index is 0.000000709. The molecule has 0 spiro atoms. The lowest BCUT2D eigenvalue weighted by Gasteiger charge is -2.27. The summed E-state index contributed by atoms with van der Waals surface area (Å²) < 4.78 is 20.8. The zero-order valence-corrected chi connectivity index (χ0v) is 30.8. The van der Waals surface area contributed by atoms with Gasteiger partial charge in [-0.1, -0.05) is 47.7 Å². The van der Waals surface area contributed by atoms with E-state index in [2.05, 4.69) is 26.0 Å². The third-order valence-corrected chi connectivity index (χ3v) is 7.46. The van der Waals surface area contributed by atoms with Crippen LogP contribution in [0, 0.1) is 0 Å². The number of carbonyl (C=O) groups is 4. The molecular weight excluding hydrogens is 803 g/mol. The van der Waals surface area contributed by atoms with Crippen LogP contribution in [0.5, 0.6) is 11.5 Å². The summed E-state index contributed by atoms with van der Waals surface area (Å²) in [4.78, 5) is 48.0. The summed E-state index contributed by atoms with van der Waals surface area (Å²) in [6.45, 7) is 10.5. The lowest BCUT2D eigenvalue weighted by atomic mass is 10.1. The van der Waals surface area contributed by atoms with Crippen LogP contribution in [0.3, 0.4) is 0 Å². The van der Waals surface area contributed by atoms with Gasteiger partial charge in [0.2, 0.25) is 0 Å². The van der Waals surface area contributed by atoms with E-state index in [1.165, 1.54) is 37.3 Å². The van der Waals surface area contributed by atoms with Crippen LogP contribution >= 0.6 is 50.1 Å². The summed E-state index contributed by atoms with van der Waals surface area (Å²) >= 11 is 10.8. The minimum atomic E-state index is -0.776. The first-order valence-electron chi connectivity index (χ1n) is 13.4. The number of aromatic hydroxyl groups is 2. The molecule has 0 aromatic heterocycles. The van der Waals surface area contributed by atoms with E-state index in [9.17, 15) is 24.3 Å². The SMILES string of the molecule is C.COC(=O)C(CI)NC(=O)OC(C)(C)C.COC(=O)C1Cc2ccc(O)cc2N1C(=O)OC(C)(C)C.Oc1ccc(Br)c(Cl)c1. The molecule has 2 atom stereocenters. The second kappa shape index (κ2) is 19.0. The number of alkyl carbamates (subject to hydrolysis) is 1. The Morgan fingerprint density at radius 1 is 0.978 bits per heavy atom. The zero-order valence-electron chi connectivity index (χ0n) is 26.3. The van der Waals surface area contributed by atoms with Crippen LogP contribution < -0.4 is 10.2 Å². The van der Waals surface area contributed by atoms with Gasteiger partial charge >= 0.3 is 24.1 Å². The first kappa shape index (κ1) is 43.0. The Bertz CT molecular complexity index is 1350. The van der Waals surface area contributed by atoms with Crippen LogP contribution in [-0.4, -0.2) is 76.3 Å². The minimum absolute atomic E-state index is 0. The molecule has 0 saturated heterocycles. The van der Waals surface area contributed by atoms with E-state index in [1.807, 2.05) is 22.6 Å². The quantitative estimate of drug-likeness (QED) is 0.125. The highest BCUT2D eigenvalue weighted by molar-refractivity contribution is 14.1. The van der Waals surface area contributed by atoms with E-state index >= 15 is 0 Å². The molecule has 0 aliphatic carbocycles. The normalized spacial score (nSPS) is 14.0. The number of methoxy groups -OCH3 is 2.